The normalized spacial score (nSPS) is 19.3. The van der Waals surface area contributed by atoms with E-state index in [1.165, 1.54) is 0 Å². The molecular weight excluding hydrogens is 481 g/mol. The molecule has 1 saturated carbocycles. The van der Waals surface area contributed by atoms with Crippen molar-refractivity contribution in [2.75, 3.05) is 12.3 Å². The third-order valence-electron chi connectivity index (χ3n) is 5.75. The molecule has 0 unspecified atom stereocenters. The van der Waals surface area contributed by atoms with Gasteiger partial charge in [0.2, 0.25) is 0 Å². The van der Waals surface area contributed by atoms with Crippen LogP contribution in [0.2, 0.25) is 0 Å². The number of amides is 1. The number of nitrogens with zero attached hydrogens (tertiary/aromatic N) is 4. The Morgan fingerprint density at radius 3 is 2.66 bits per heavy atom. The van der Waals surface area contributed by atoms with Crippen molar-refractivity contribution >= 4 is 40.0 Å². The van der Waals surface area contributed by atoms with Crippen LogP contribution in [0.25, 0.3) is 5.52 Å². The number of anilines is 1. The van der Waals surface area contributed by atoms with Gasteiger partial charge in [-0.05, 0) is 59.8 Å². The van der Waals surface area contributed by atoms with E-state index in [1.54, 1.807) is 11.1 Å². The van der Waals surface area contributed by atoms with Crippen LogP contribution in [0.4, 0.5) is 10.6 Å². The Balaban J connectivity index is 1.42. The summed E-state index contributed by atoms with van der Waals surface area (Å²) in [6.45, 7) is 1.01. The maximum absolute atomic E-state index is 11.7. The molecule has 1 aliphatic rings. The van der Waals surface area contributed by atoms with Crippen molar-refractivity contribution in [1.29, 1.82) is 0 Å². The fourth-order valence-corrected chi connectivity index (χ4v) is 5.04. The summed E-state index contributed by atoms with van der Waals surface area (Å²) < 4.78 is 2.94. The van der Waals surface area contributed by atoms with E-state index in [9.17, 15) is 9.90 Å². The van der Waals surface area contributed by atoms with Gasteiger partial charge < -0.3 is 15.7 Å². The molecule has 0 spiro atoms. The van der Waals surface area contributed by atoms with Gasteiger partial charge in [-0.2, -0.15) is 0 Å². The largest absolute Gasteiger partial charge is 0.465 e. The molecular formula is C21H24IN5O2. The molecule has 4 rings (SSSR count). The highest BCUT2D eigenvalue weighted by Crippen LogP contribution is 2.37. The third-order valence-corrected chi connectivity index (χ3v) is 6.50. The average Bonchev–Trinajstić information content (AvgIpc) is 3.06. The Morgan fingerprint density at radius 2 is 1.97 bits per heavy atom. The van der Waals surface area contributed by atoms with Crippen molar-refractivity contribution in [2.45, 2.75) is 38.1 Å². The van der Waals surface area contributed by atoms with Gasteiger partial charge in [-0.15, -0.1) is 0 Å². The first-order chi connectivity index (χ1) is 14.0. The van der Waals surface area contributed by atoms with Crippen molar-refractivity contribution < 1.29 is 9.90 Å². The molecule has 3 N–H and O–H groups in total. The topological polar surface area (TPSA) is 96.8 Å². The first-order valence-electron chi connectivity index (χ1n) is 9.82. The minimum Gasteiger partial charge on any atom is -0.465 e. The fraction of sp³-hybridized carbons (Fsp3) is 0.381. The number of nitrogens with two attached hydrogens (primary N) is 1. The zero-order valence-corrected chi connectivity index (χ0v) is 18.2. The van der Waals surface area contributed by atoms with E-state index in [2.05, 4.69) is 32.0 Å². The summed E-state index contributed by atoms with van der Waals surface area (Å²) in [5, 5.41) is 9.64. The molecule has 8 heteroatoms. The SMILES string of the molecule is Nc1nccn2c1c(I)nc2[C@H]1CC[C@H](CN(Cc2ccccc2)C(=O)O)CC1. The minimum absolute atomic E-state index is 0.358. The molecule has 0 atom stereocenters. The van der Waals surface area contributed by atoms with E-state index >= 15 is 0 Å². The van der Waals surface area contributed by atoms with Gasteiger partial charge in [-0.3, -0.25) is 4.40 Å². The second-order valence-electron chi connectivity index (χ2n) is 7.66. The lowest BCUT2D eigenvalue weighted by atomic mass is 9.81. The number of aromatic nitrogens is 3. The number of hydrogen-bond donors (Lipinski definition) is 2. The summed E-state index contributed by atoms with van der Waals surface area (Å²) in [6.07, 6.45) is 6.78. The summed E-state index contributed by atoms with van der Waals surface area (Å²) in [5.74, 6) is 2.28. The molecule has 0 aliphatic heterocycles. The van der Waals surface area contributed by atoms with E-state index in [1.807, 2.05) is 36.5 Å². The first kappa shape index (κ1) is 19.9. The van der Waals surface area contributed by atoms with E-state index in [-0.39, 0.29) is 0 Å². The van der Waals surface area contributed by atoms with Gasteiger partial charge in [-0.1, -0.05) is 30.3 Å². The van der Waals surface area contributed by atoms with Crippen LogP contribution in [0.3, 0.4) is 0 Å². The molecule has 1 aliphatic carbocycles. The summed E-state index contributed by atoms with van der Waals surface area (Å²) in [5.41, 5.74) is 7.93. The van der Waals surface area contributed by atoms with Gasteiger partial charge >= 0.3 is 6.09 Å². The van der Waals surface area contributed by atoms with Crippen LogP contribution in [0, 0.1) is 9.62 Å². The number of imidazole rings is 1. The Labute approximate surface area is 183 Å². The van der Waals surface area contributed by atoms with E-state index in [0.717, 1.165) is 46.3 Å². The Bertz CT molecular complexity index is 999. The van der Waals surface area contributed by atoms with E-state index < -0.39 is 6.09 Å². The van der Waals surface area contributed by atoms with E-state index in [0.29, 0.717) is 30.7 Å². The summed E-state index contributed by atoms with van der Waals surface area (Å²) in [7, 11) is 0. The predicted molar refractivity (Wildman–Crippen MR) is 120 cm³/mol. The second kappa shape index (κ2) is 8.56. The second-order valence-corrected chi connectivity index (χ2v) is 8.68. The standard InChI is InChI=1S/C21H24IN5O2/c22-18-17-19(23)24-10-11-27(17)20(25-18)16-8-6-15(7-9-16)13-26(21(28)29)12-14-4-2-1-3-5-14/h1-5,10-11,15-16H,6-9,12-13H2,(H2,23,24)(H,28,29)/t15-,16-. The van der Waals surface area contributed by atoms with Crippen molar-refractivity contribution in [3.8, 4) is 0 Å². The highest BCUT2D eigenvalue weighted by molar-refractivity contribution is 14.1. The summed E-state index contributed by atoms with van der Waals surface area (Å²) in [6, 6.07) is 9.77. The van der Waals surface area contributed by atoms with Crippen LogP contribution in [0.15, 0.2) is 42.7 Å². The maximum Gasteiger partial charge on any atom is 0.407 e. The zero-order chi connectivity index (χ0) is 20.4. The molecule has 1 fully saturated rings. The van der Waals surface area contributed by atoms with Crippen LogP contribution in [-0.2, 0) is 6.54 Å². The monoisotopic (exact) mass is 505 g/mol. The number of carbonyl (C=O) groups is 1. The highest BCUT2D eigenvalue weighted by Gasteiger charge is 2.28. The minimum atomic E-state index is -0.854. The molecule has 3 aromatic rings. The lowest BCUT2D eigenvalue weighted by Crippen LogP contribution is -2.35. The van der Waals surface area contributed by atoms with Crippen LogP contribution in [-0.4, -0.2) is 37.0 Å². The van der Waals surface area contributed by atoms with Gasteiger partial charge in [0.15, 0.2) is 5.82 Å². The number of hydrogen-bond acceptors (Lipinski definition) is 4. The van der Waals surface area contributed by atoms with Gasteiger partial charge in [0.1, 0.15) is 15.0 Å². The van der Waals surface area contributed by atoms with Crippen molar-refractivity contribution in [2.24, 2.45) is 5.92 Å². The predicted octanol–water partition coefficient (Wildman–Crippen LogP) is 4.37. The molecule has 0 bridgehead atoms. The van der Waals surface area contributed by atoms with Gasteiger partial charge in [0.25, 0.3) is 0 Å². The summed E-state index contributed by atoms with van der Waals surface area (Å²) in [4.78, 5) is 22.2. The molecule has 29 heavy (non-hydrogen) atoms. The number of carboxylic acid groups (broad SMARTS) is 1. The molecule has 0 radical (unpaired) electrons. The van der Waals surface area contributed by atoms with E-state index in [4.69, 9.17) is 10.7 Å². The Hall–Kier alpha value is -2.36. The molecule has 152 valence electrons. The lowest BCUT2D eigenvalue weighted by Gasteiger charge is -2.31. The smallest absolute Gasteiger partial charge is 0.407 e. The van der Waals surface area contributed by atoms with Crippen LogP contribution < -0.4 is 5.73 Å². The third kappa shape index (κ3) is 4.31. The first-order valence-corrected chi connectivity index (χ1v) is 10.9. The van der Waals surface area contributed by atoms with Crippen LogP contribution >= 0.6 is 22.6 Å². The molecule has 1 aromatic carbocycles. The molecule has 1 amide bonds. The van der Waals surface area contributed by atoms with Crippen LogP contribution in [0.5, 0.6) is 0 Å². The summed E-state index contributed by atoms with van der Waals surface area (Å²) >= 11 is 2.21. The maximum atomic E-state index is 11.7. The Kier molecular flexibility index (Phi) is 5.89. The van der Waals surface area contributed by atoms with Gasteiger partial charge in [0, 0.05) is 31.4 Å². The average molecular weight is 505 g/mol. The van der Waals surface area contributed by atoms with Crippen molar-refractivity contribution in [3.05, 3.63) is 57.8 Å². The van der Waals surface area contributed by atoms with Crippen molar-refractivity contribution in [1.82, 2.24) is 19.3 Å². The molecule has 2 heterocycles. The number of fused-ring (bicyclic) bond motifs is 1. The highest BCUT2D eigenvalue weighted by atomic mass is 127. The number of rotatable bonds is 5. The fourth-order valence-electron chi connectivity index (χ4n) is 4.26. The molecule has 7 nitrogen and oxygen atoms in total. The van der Waals surface area contributed by atoms with Crippen LogP contribution in [0.1, 0.15) is 43.0 Å². The number of benzene rings is 1. The molecule has 2 aromatic heterocycles. The van der Waals surface area contributed by atoms with Crippen molar-refractivity contribution in [3.63, 3.8) is 0 Å². The zero-order valence-electron chi connectivity index (χ0n) is 16.0. The quantitative estimate of drug-likeness (QED) is 0.502. The van der Waals surface area contributed by atoms with Gasteiger partial charge in [-0.25, -0.2) is 14.8 Å². The number of halogens is 1. The number of nitrogen functional groups attached to an aromatic ring is 1. The lowest BCUT2D eigenvalue weighted by molar-refractivity contribution is 0.126. The van der Waals surface area contributed by atoms with Gasteiger partial charge in [0.05, 0.1) is 0 Å². The Morgan fingerprint density at radius 1 is 1.24 bits per heavy atom. The molecule has 0 saturated heterocycles.